The Morgan fingerprint density at radius 1 is 1.03 bits per heavy atom. The van der Waals surface area contributed by atoms with E-state index in [1.54, 1.807) is 0 Å². The van der Waals surface area contributed by atoms with Gasteiger partial charge in [-0.2, -0.15) is 0 Å². The predicted octanol–water partition coefficient (Wildman–Crippen LogP) is -0.0288. The molecular formula is C18H22I3N3O8. The third kappa shape index (κ3) is 5.63. The maximum absolute atomic E-state index is 13.2. The highest BCUT2D eigenvalue weighted by Gasteiger charge is 2.44. The number of hydrogen-bond donors (Lipinski definition) is 6. The summed E-state index contributed by atoms with van der Waals surface area (Å²) in [6, 6.07) is -1.40. The zero-order valence-corrected chi connectivity index (χ0v) is 23.6. The lowest BCUT2D eigenvalue weighted by atomic mass is 9.96. The third-order valence-electron chi connectivity index (χ3n) is 4.83. The van der Waals surface area contributed by atoms with E-state index in [0.29, 0.717) is 22.1 Å². The molecule has 32 heavy (non-hydrogen) atoms. The highest BCUT2D eigenvalue weighted by Crippen LogP contribution is 2.40. The summed E-state index contributed by atoms with van der Waals surface area (Å²) in [6.45, 7) is 2.03. The van der Waals surface area contributed by atoms with Crippen LogP contribution in [0.1, 0.15) is 24.2 Å². The Hall–Kier alpha value is -0.380. The van der Waals surface area contributed by atoms with E-state index in [2.05, 4.69) is 10.6 Å². The Morgan fingerprint density at radius 3 is 2.12 bits per heavy atom. The minimum Gasteiger partial charge on any atom is -0.394 e. The molecular weight excluding hydrogens is 767 g/mol. The third-order valence-corrected chi connectivity index (χ3v) is 8.01. The van der Waals surface area contributed by atoms with E-state index in [-0.39, 0.29) is 17.4 Å². The minimum atomic E-state index is -1.69. The van der Waals surface area contributed by atoms with E-state index < -0.39 is 43.2 Å². The lowest BCUT2D eigenvalue weighted by Crippen LogP contribution is -2.64. The highest BCUT2D eigenvalue weighted by molar-refractivity contribution is 14.1. The monoisotopic (exact) mass is 789 g/mol. The Morgan fingerprint density at radius 2 is 1.62 bits per heavy atom. The average molecular weight is 789 g/mol. The number of ether oxygens (including phenoxy) is 1. The van der Waals surface area contributed by atoms with Gasteiger partial charge < -0.3 is 40.7 Å². The summed E-state index contributed by atoms with van der Waals surface area (Å²) < 4.78 is 6.40. The van der Waals surface area contributed by atoms with Crippen molar-refractivity contribution in [1.29, 1.82) is 0 Å². The maximum atomic E-state index is 13.2. The van der Waals surface area contributed by atoms with Gasteiger partial charge in [-0.3, -0.25) is 14.4 Å². The number of halogens is 3. The Bertz CT molecular complexity index is 931. The first kappa shape index (κ1) is 27.9. The number of anilines is 2. The molecule has 1 aromatic carbocycles. The molecule has 2 rings (SSSR count). The number of benzene rings is 1. The Balaban J connectivity index is 2.56. The lowest BCUT2D eigenvalue weighted by Gasteiger charge is -2.40. The molecule has 1 saturated heterocycles. The number of carbonyl (C=O) groups is 3. The SMILES string of the molecule is CC(=O)Nc1c(I)c(C(=O)NC2[C@H](O)OC(CO)[C@@H](O)[C@H]2O)c(I)c(N(C)C(C)=O)c1I. The molecule has 1 fully saturated rings. The number of nitrogens with one attached hydrogen (secondary N) is 2. The van der Waals surface area contributed by atoms with Crippen molar-refractivity contribution in [2.24, 2.45) is 0 Å². The molecule has 0 radical (unpaired) electrons. The molecule has 1 aliphatic heterocycles. The normalized spacial score (nSPS) is 25.2. The fourth-order valence-corrected chi connectivity index (χ4v) is 7.71. The van der Waals surface area contributed by atoms with E-state index in [4.69, 9.17) is 4.74 Å². The van der Waals surface area contributed by atoms with Crippen LogP contribution in [0.4, 0.5) is 11.4 Å². The highest BCUT2D eigenvalue weighted by atomic mass is 127. The number of carbonyl (C=O) groups excluding carboxylic acids is 3. The van der Waals surface area contributed by atoms with Crippen LogP contribution in [0.15, 0.2) is 0 Å². The second-order valence-electron chi connectivity index (χ2n) is 7.03. The predicted molar refractivity (Wildman–Crippen MR) is 139 cm³/mol. The van der Waals surface area contributed by atoms with Crippen LogP contribution < -0.4 is 15.5 Å². The zero-order valence-electron chi connectivity index (χ0n) is 17.1. The Labute approximate surface area is 224 Å². The van der Waals surface area contributed by atoms with Gasteiger partial charge in [0.1, 0.15) is 24.4 Å². The van der Waals surface area contributed by atoms with Gasteiger partial charge in [0.2, 0.25) is 11.8 Å². The standard InChI is InChI=1S/C18H22I3N3O8/c1-5(26)22-12-9(19)8(10(20)14(11(12)21)24(3)6(2)27)17(30)23-13-16(29)15(28)7(4-25)32-18(13)31/h7,13,15-16,18,25,28-29,31H,4H2,1-3H3,(H,22,26)(H,23,30)/t7?,13?,15-,16+,18-/m1/s1. The summed E-state index contributed by atoms with van der Waals surface area (Å²) >= 11 is 5.78. The topological polar surface area (TPSA) is 169 Å². The number of nitrogens with zero attached hydrogens (tertiary/aromatic N) is 1. The van der Waals surface area contributed by atoms with Crippen LogP contribution >= 0.6 is 67.8 Å². The Kier molecular flexibility index (Phi) is 9.89. The molecule has 0 spiro atoms. The number of aliphatic hydroxyl groups is 4. The molecule has 178 valence electrons. The molecule has 14 heteroatoms. The van der Waals surface area contributed by atoms with Gasteiger partial charge in [-0.05, 0) is 67.8 Å². The first-order valence-corrected chi connectivity index (χ1v) is 12.4. The van der Waals surface area contributed by atoms with Crippen molar-refractivity contribution in [3.63, 3.8) is 0 Å². The molecule has 0 bridgehead atoms. The summed E-state index contributed by atoms with van der Waals surface area (Å²) in [5.74, 6) is -1.41. The summed E-state index contributed by atoms with van der Waals surface area (Å²) in [6.07, 6.45) is -6.07. The second-order valence-corrected chi connectivity index (χ2v) is 10.3. The smallest absolute Gasteiger partial charge is 0.254 e. The summed E-state index contributed by atoms with van der Waals surface area (Å²) in [7, 11) is 1.53. The summed E-state index contributed by atoms with van der Waals surface area (Å²) in [5, 5.41) is 45.0. The lowest BCUT2D eigenvalue weighted by molar-refractivity contribution is -0.252. The molecule has 0 aliphatic carbocycles. The minimum absolute atomic E-state index is 0.0941. The van der Waals surface area contributed by atoms with Crippen molar-refractivity contribution in [2.75, 3.05) is 23.9 Å². The van der Waals surface area contributed by atoms with Crippen LogP contribution in [0.25, 0.3) is 0 Å². The molecule has 5 atom stereocenters. The first-order valence-electron chi connectivity index (χ1n) is 9.17. The summed E-state index contributed by atoms with van der Waals surface area (Å²) in [5.41, 5.74) is 0.819. The van der Waals surface area contributed by atoms with E-state index >= 15 is 0 Å². The molecule has 11 nitrogen and oxygen atoms in total. The van der Waals surface area contributed by atoms with Crippen molar-refractivity contribution < 1.29 is 39.5 Å². The van der Waals surface area contributed by atoms with Crippen LogP contribution in [-0.2, 0) is 14.3 Å². The fraction of sp³-hybridized carbons (Fsp3) is 0.500. The fourth-order valence-electron chi connectivity index (χ4n) is 3.06. The molecule has 3 amide bonds. The van der Waals surface area contributed by atoms with Gasteiger partial charge in [-0.1, -0.05) is 0 Å². The van der Waals surface area contributed by atoms with Crippen LogP contribution in [0.5, 0.6) is 0 Å². The molecule has 1 aliphatic rings. The van der Waals surface area contributed by atoms with Crippen molar-refractivity contribution in [3.05, 3.63) is 16.3 Å². The van der Waals surface area contributed by atoms with Gasteiger partial charge in [-0.15, -0.1) is 0 Å². The molecule has 0 aromatic heterocycles. The second kappa shape index (κ2) is 11.4. The van der Waals surface area contributed by atoms with E-state index in [9.17, 15) is 34.8 Å². The van der Waals surface area contributed by atoms with E-state index in [0.717, 1.165) is 0 Å². The average Bonchev–Trinajstić information content (AvgIpc) is 2.70. The van der Waals surface area contributed by atoms with Crippen LogP contribution in [0, 0.1) is 10.7 Å². The quantitative estimate of drug-likeness (QED) is 0.227. The number of amides is 3. The van der Waals surface area contributed by atoms with Gasteiger partial charge >= 0.3 is 0 Å². The van der Waals surface area contributed by atoms with Crippen molar-refractivity contribution in [3.8, 4) is 0 Å². The zero-order chi connectivity index (χ0) is 24.5. The van der Waals surface area contributed by atoms with Crippen molar-refractivity contribution >= 4 is 96.9 Å². The molecule has 2 unspecified atom stereocenters. The molecule has 6 N–H and O–H groups in total. The van der Waals surface area contributed by atoms with Crippen LogP contribution in [0.3, 0.4) is 0 Å². The van der Waals surface area contributed by atoms with Crippen LogP contribution in [-0.4, -0.2) is 82.4 Å². The summed E-state index contributed by atoms with van der Waals surface area (Å²) in [4.78, 5) is 38.4. The van der Waals surface area contributed by atoms with Crippen LogP contribution in [0.2, 0.25) is 0 Å². The van der Waals surface area contributed by atoms with Crippen molar-refractivity contribution in [1.82, 2.24) is 5.32 Å². The number of aliphatic hydroxyl groups excluding tert-OH is 4. The van der Waals surface area contributed by atoms with Gasteiger partial charge in [0, 0.05) is 20.9 Å². The van der Waals surface area contributed by atoms with E-state index in [1.165, 1.54) is 25.8 Å². The maximum Gasteiger partial charge on any atom is 0.254 e. The largest absolute Gasteiger partial charge is 0.394 e. The molecule has 1 heterocycles. The van der Waals surface area contributed by atoms with Gasteiger partial charge in [-0.25, -0.2) is 0 Å². The molecule has 1 aromatic rings. The van der Waals surface area contributed by atoms with Gasteiger partial charge in [0.15, 0.2) is 6.29 Å². The number of hydrogen-bond acceptors (Lipinski definition) is 8. The van der Waals surface area contributed by atoms with Gasteiger partial charge in [0.25, 0.3) is 5.91 Å². The number of rotatable bonds is 5. The van der Waals surface area contributed by atoms with E-state index in [1.807, 2.05) is 67.8 Å². The van der Waals surface area contributed by atoms with Gasteiger partial charge in [0.05, 0.1) is 34.3 Å². The van der Waals surface area contributed by atoms with Crippen molar-refractivity contribution in [2.45, 2.75) is 44.5 Å². The molecule has 0 saturated carbocycles. The first-order chi connectivity index (χ1) is 14.8.